The number of rotatable bonds is 5. The van der Waals surface area contributed by atoms with Crippen molar-refractivity contribution < 1.29 is 14.0 Å². The first kappa shape index (κ1) is 16.6. The average Bonchev–Trinajstić information content (AvgIpc) is 2.53. The van der Waals surface area contributed by atoms with E-state index in [2.05, 4.69) is 15.6 Å². The predicted octanol–water partition coefficient (Wildman–Crippen LogP) is 2.61. The van der Waals surface area contributed by atoms with Gasteiger partial charge in [-0.25, -0.2) is 4.39 Å². The number of pyridine rings is 1. The molecule has 0 unspecified atom stereocenters. The van der Waals surface area contributed by atoms with E-state index in [4.69, 9.17) is 0 Å². The molecule has 1 aromatic heterocycles. The maximum absolute atomic E-state index is 13.7. The van der Waals surface area contributed by atoms with Crippen LogP contribution >= 0.6 is 0 Å². The molecule has 0 spiro atoms. The highest BCUT2D eigenvalue weighted by Crippen LogP contribution is 2.11. The molecule has 0 radical (unpaired) electrons. The van der Waals surface area contributed by atoms with E-state index in [0.717, 1.165) is 0 Å². The minimum atomic E-state index is -0.782. The summed E-state index contributed by atoms with van der Waals surface area (Å²) in [6, 6.07) is 8.16. The van der Waals surface area contributed by atoms with Crippen molar-refractivity contribution in [2.45, 2.75) is 19.9 Å². The van der Waals surface area contributed by atoms with Crippen LogP contribution in [0.4, 0.5) is 10.1 Å². The van der Waals surface area contributed by atoms with E-state index < -0.39 is 17.8 Å². The number of benzene rings is 1. The lowest BCUT2D eigenvalue weighted by Gasteiger charge is -2.21. The maximum Gasteiger partial charge on any atom is 0.254 e. The number of nitrogens with zero attached hydrogens (tertiary/aromatic N) is 1. The quantitative estimate of drug-likeness (QED) is 0.891. The van der Waals surface area contributed by atoms with Crippen LogP contribution in [0.3, 0.4) is 0 Å². The molecule has 5 nitrogen and oxygen atoms in total. The molecule has 2 amide bonds. The van der Waals surface area contributed by atoms with Crippen molar-refractivity contribution in [1.29, 1.82) is 0 Å². The number of amides is 2. The SMILES string of the molecule is CC(C)[C@@H](NC(=O)c1ccccc1F)C(=O)Nc1ccncc1. The standard InChI is InChI=1S/C17H18FN3O2/c1-11(2)15(17(23)20-12-7-9-19-10-8-12)21-16(22)13-5-3-4-6-14(13)18/h3-11,15H,1-2H3,(H,21,22)(H,19,20,23)/t15-/m1/s1. The van der Waals surface area contributed by atoms with Gasteiger partial charge < -0.3 is 10.6 Å². The van der Waals surface area contributed by atoms with Gasteiger partial charge in [-0.3, -0.25) is 14.6 Å². The van der Waals surface area contributed by atoms with Crippen molar-refractivity contribution in [3.63, 3.8) is 0 Å². The maximum atomic E-state index is 13.7. The molecule has 23 heavy (non-hydrogen) atoms. The van der Waals surface area contributed by atoms with E-state index in [1.807, 2.05) is 0 Å². The minimum absolute atomic E-state index is 0.0881. The first-order chi connectivity index (χ1) is 11.0. The van der Waals surface area contributed by atoms with Crippen molar-refractivity contribution in [2.24, 2.45) is 5.92 Å². The molecule has 0 aliphatic rings. The summed E-state index contributed by atoms with van der Waals surface area (Å²) in [5.41, 5.74) is 0.491. The normalized spacial score (nSPS) is 11.8. The highest BCUT2D eigenvalue weighted by molar-refractivity contribution is 6.01. The van der Waals surface area contributed by atoms with Crippen LogP contribution in [-0.2, 0) is 4.79 Å². The van der Waals surface area contributed by atoms with Gasteiger partial charge in [-0.1, -0.05) is 26.0 Å². The smallest absolute Gasteiger partial charge is 0.254 e. The fourth-order valence-electron chi connectivity index (χ4n) is 2.05. The van der Waals surface area contributed by atoms with E-state index >= 15 is 0 Å². The van der Waals surface area contributed by atoms with E-state index in [1.165, 1.54) is 18.2 Å². The Hall–Kier alpha value is -2.76. The van der Waals surface area contributed by atoms with Crippen molar-refractivity contribution in [1.82, 2.24) is 10.3 Å². The highest BCUT2D eigenvalue weighted by Gasteiger charge is 2.25. The molecule has 2 aromatic rings. The topological polar surface area (TPSA) is 71.1 Å². The fraction of sp³-hybridized carbons (Fsp3) is 0.235. The molecule has 1 heterocycles. The number of carbonyl (C=O) groups is 2. The van der Waals surface area contributed by atoms with Gasteiger partial charge in [-0.15, -0.1) is 0 Å². The van der Waals surface area contributed by atoms with Gasteiger partial charge in [0.05, 0.1) is 5.56 Å². The van der Waals surface area contributed by atoms with Crippen LogP contribution in [0.25, 0.3) is 0 Å². The third-order valence-electron chi connectivity index (χ3n) is 3.30. The Balaban J connectivity index is 2.11. The van der Waals surface area contributed by atoms with Crippen LogP contribution in [0.5, 0.6) is 0 Å². The van der Waals surface area contributed by atoms with Gasteiger partial charge in [0.1, 0.15) is 11.9 Å². The van der Waals surface area contributed by atoms with E-state index in [9.17, 15) is 14.0 Å². The zero-order valence-corrected chi connectivity index (χ0v) is 12.9. The second-order valence-electron chi connectivity index (χ2n) is 5.40. The summed E-state index contributed by atoms with van der Waals surface area (Å²) in [5.74, 6) is -1.77. The zero-order valence-electron chi connectivity index (χ0n) is 12.9. The monoisotopic (exact) mass is 315 g/mol. The lowest BCUT2D eigenvalue weighted by atomic mass is 10.0. The Morgan fingerprint density at radius 3 is 2.35 bits per heavy atom. The number of nitrogens with one attached hydrogen (secondary N) is 2. The molecule has 1 aromatic carbocycles. The molecule has 2 rings (SSSR count). The highest BCUT2D eigenvalue weighted by atomic mass is 19.1. The molecular weight excluding hydrogens is 297 g/mol. The van der Waals surface area contributed by atoms with Crippen LogP contribution in [0, 0.1) is 11.7 Å². The lowest BCUT2D eigenvalue weighted by Crippen LogP contribution is -2.47. The summed E-state index contributed by atoms with van der Waals surface area (Å²) in [4.78, 5) is 28.4. The largest absolute Gasteiger partial charge is 0.340 e. The third-order valence-corrected chi connectivity index (χ3v) is 3.30. The summed E-state index contributed by atoms with van der Waals surface area (Å²) in [6.45, 7) is 3.61. The van der Waals surface area contributed by atoms with Crippen molar-refractivity contribution in [3.8, 4) is 0 Å². The summed E-state index contributed by atoms with van der Waals surface area (Å²) in [7, 11) is 0. The molecule has 1 atom stereocenters. The summed E-state index contributed by atoms with van der Waals surface area (Å²) in [6.07, 6.45) is 3.11. The molecule has 0 aliphatic carbocycles. The Bertz CT molecular complexity index is 689. The molecule has 120 valence electrons. The molecule has 0 aliphatic heterocycles. The second kappa shape index (κ2) is 7.49. The van der Waals surface area contributed by atoms with E-state index in [-0.39, 0.29) is 17.4 Å². The van der Waals surface area contributed by atoms with Crippen LogP contribution in [0.15, 0.2) is 48.8 Å². The van der Waals surface area contributed by atoms with Crippen molar-refractivity contribution in [3.05, 3.63) is 60.2 Å². The van der Waals surface area contributed by atoms with Crippen molar-refractivity contribution >= 4 is 17.5 Å². The van der Waals surface area contributed by atoms with Crippen LogP contribution in [0.2, 0.25) is 0 Å². The Morgan fingerprint density at radius 1 is 1.09 bits per heavy atom. The summed E-state index contributed by atoms with van der Waals surface area (Å²) < 4.78 is 13.7. The molecule has 0 bridgehead atoms. The van der Waals surface area contributed by atoms with Gasteiger partial charge in [0.15, 0.2) is 0 Å². The Kier molecular flexibility index (Phi) is 5.41. The van der Waals surface area contributed by atoms with E-state index in [1.54, 1.807) is 44.4 Å². The number of hydrogen-bond donors (Lipinski definition) is 2. The Morgan fingerprint density at radius 2 is 1.74 bits per heavy atom. The summed E-state index contributed by atoms with van der Waals surface area (Å²) >= 11 is 0. The molecule has 6 heteroatoms. The molecule has 0 saturated carbocycles. The molecule has 0 saturated heterocycles. The lowest BCUT2D eigenvalue weighted by molar-refractivity contribution is -0.118. The van der Waals surface area contributed by atoms with E-state index in [0.29, 0.717) is 5.69 Å². The Labute approximate surface area is 133 Å². The zero-order chi connectivity index (χ0) is 16.8. The third kappa shape index (κ3) is 4.35. The van der Waals surface area contributed by atoms with Crippen LogP contribution < -0.4 is 10.6 Å². The van der Waals surface area contributed by atoms with Gasteiger partial charge in [0.2, 0.25) is 5.91 Å². The van der Waals surface area contributed by atoms with Gasteiger partial charge >= 0.3 is 0 Å². The number of carbonyl (C=O) groups excluding carboxylic acids is 2. The number of anilines is 1. The van der Waals surface area contributed by atoms with Crippen LogP contribution in [0.1, 0.15) is 24.2 Å². The molecule has 0 fully saturated rings. The summed E-state index contributed by atoms with van der Waals surface area (Å²) in [5, 5.41) is 5.29. The van der Waals surface area contributed by atoms with Gasteiger partial charge in [-0.2, -0.15) is 0 Å². The van der Waals surface area contributed by atoms with Crippen LogP contribution in [-0.4, -0.2) is 22.8 Å². The minimum Gasteiger partial charge on any atom is -0.340 e. The first-order valence-corrected chi connectivity index (χ1v) is 7.25. The van der Waals surface area contributed by atoms with Gasteiger partial charge in [0.25, 0.3) is 5.91 Å². The number of hydrogen-bond acceptors (Lipinski definition) is 3. The fourth-order valence-corrected chi connectivity index (χ4v) is 2.05. The molecular formula is C17H18FN3O2. The van der Waals surface area contributed by atoms with Crippen molar-refractivity contribution in [2.75, 3.05) is 5.32 Å². The van der Waals surface area contributed by atoms with Gasteiger partial charge in [-0.05, 0) is 30.2 Å². The second-order valence-corrected chi connectivity index (χ2v) is 5.40. The number of halogens is 1. The average molecular weight is 315 g/mol. The first-order valence-electron chi connectivity index (χ1n) is 7.25. The van der Waals surface area contributed by atoms with Gasteiger partial charge in [0, 0.05) is 18.1 Å². The number of aromatic nitrogens is 1. The predicted molar refractivity (Wildman–Crippen MR) is 85.4 cm³/mol. The molecule has 2 N–H and O–H groups in total.